The third kappa shape index (κ3) is 17400. The molecule has 0 aromatic heterocycles. The Kier molecular flexibility index (Phi) is 19.1. The molecule has 0 N–H and O–H groups in total. The predicted octanol–water partition coefficient (Wildman–Crippen LogP) is -2.49. The van der Waals surface area contributed by atoms with Crippen molar-refractivity contribution in [2.45, 2.75) is 13.8 Å². The molecule has 4 nitrogen and oxygen atoms in total. The fourth-order valence-corrected chi connectivity index (χ4v) is 0. The van der Waals surface area contributed by atoms with Crippen molar-refractivity contribution in [2.75, 3.05) is 0 Å². The Morgan fingerprint density at radius 1 is 1.00 bits per heavy atom. The monoisotopic (exact) mass is 320 g/mol. The SMILES string of the molecule is CC(=O)[O-].CC(=O)[O-].[Hg+]. The summed E-state index contributed by atoms with van der Waals surface area (Å²) in [4.78, 5) is 17.8. The van der Waals surface area contributed by atoms with E-state index < -0.39 is 11.9 Å². The van der Waals surface area contributed by atoms with E-state index >= 15 is 0 Å². The first kappa shape index (κ1) is 15.9. The molecule has 5 heteroatoms. The van der Waals surface area contributed by atoms with Gasteiger partial charge in [-0.25, -0.2) is 0 Å². The van der Waals surface area contributed by atoms with Crippen LogP contribution in [0.3, 0.4) is 0 Å². The number of aliphatic carboxylic acids is 2. The molecule has 0 unspecified atom stereocenters. The van der Waals surface area contributed by atoms with Gasteiger partial charge in [0.2, 0.25) is 0 Å². The summed E-state index contributed by atoms with van der Waals surface area (Å²) in [5, 5.41) is 17.8. The van der Waals surface area contributed by atoms with Crippen LogP contribution >= 0.6 is 0 Å². The number of carbonyl (C=O) groups excluding carboxylic acids is 2. The number of carbonyl (C=O) groups is 2. The van der Waals surface area contributed by atoms with Gasteiger partial charge in [0.1, 0.15) is 0 Å². The molecule has 9 heavy (non-hydrogen) atoms. The van der Waals surface area contributed by atoms with Gasteiger partial charge in [-0.3, -0.25) is 0 Å². The summed E-state index contributed by atoms with van der Waals surface area (Å²) in [6.07, 6.45) is 0. The number of carboxylic acid groups (broad SMARTS) is 2. The minimum Gasteiger partial charge on any atom is -0.550 e. The standard InChI is InChI=1S/2C2H4O2.Hg/c2*1-2(3)4;/h2*1H3,(H,3,4);/q;;+1/p-2. The van der Waals surface area contributed by atoms with Crippen LogP contribution < -0.4 is 10.2 Å². The first-order valence-electron chi connectivity index (χ1n) is 1.82. The van der Waals surface area contributed by atoms with Gasteiger partial charge in [-0.15, -0.1) is 0 Å². The zero-order valence-electron chi connectivity index (χ0n) is 5.34. The molecule has 0 heterocycles. The average Bonchev–Trinajstić information content (AvgIpc) is 1.25. The molecule has 1 radical (unpaired) electrons. The van der Waals surface area contributed by atoms with E-state index in [-0.39, 0.29) is 27.7 Å². The molecule has 0 saturated heterocycles. The second kappa shape index (κ2) is 10.8. The first-order chi connectivity index (χ1) is 3.46. The Morgan fingerprint density at radius 3 is 1.00 bits per heavy atom. The minimum absolute atomic E-state index is 0. The molecule has 0 bridgehead atoms. The van der Waals surface area contributed by atoms with Gasteiger partial charge >= 0.3 is 27.7 Å². The molecule has 0 aliphatic carbocycles. The first-order valence-corrected chi connectivity index (χ1v) is 1.82. The van der Waals surface area contributed by atoms with Crippen molar-refractivity contribution >= 4 is 11.9 Å². The van der Waals surface area contributed by atoms with E-state index in [0.29, 0.717) is 0 Å². The van der Waals surface area contributed by atoms with Crippen LogP contribution in [0.5, 0.6) is 0 Å². The van der Waals surface area contributed by atoms with E-state index in [4.69, 9.17) is 19.8 Å². The molecule has 0 atom stereocenters. The largest absolute Gasteiger partial charge is 1.00 e. The summed E-state index contributed by atoms with van der Waals surface area (Å²) >= 11 is 0. The van der Waals surface area contributed by atoms with Crippen LogP contribution in [0.1, 0.15) is 13.8 Å². The van der Waals surface area contributed by atoms with Gasteiger partial charge in [0.25, 0.3) is 0 Å². The summed E-state index contributed by atoms with van der Waals surface area (Å²) in [5.41, 5.74) is 0. The van der Waals surface area contributed by atoms with Crippen LogP contribution in [0, 0.1) is 0 Å². The summed E-state index contributed by atoms with van der Waals surface area (Å²) in [6.45, 7) is 1.94. The van der Waals surface area contributed by atoms with Gasteiger partial charge in [0, 0.05) is 11.9 Å². The minimum atomic E-state index is -1.08. The molecule has 0 amide bonds. The van der Waals surface area contributed by atoms with Gasteiger partial charge in [-0.2, -0.15) is 0 Å². The third-order valence-electron chi connectivity index (χ3n) is 0. The number of rotatable bonds is 0. The Balaban J connectivity index is -0.0000000720. The fourth-order valence-electron chi connectivity index (χ4n) is 0. The third-order valence-corrected chi connectivity index (χ3v) is 0. The number of hydrogen-bond donors (Lipinski definition) is 0. The van der Waals surface area contributed by atoms with Gasteiger partial charge in [0.15, 0.2) is 0 Å². The molecular weight excluding hydrogens is 313 g/mol. The van der Waals surface area contributed by atoms with E-state index in [9.17, 15) is 0 Å². The summed E-state index contributed by atoms with van der Waals surface area (Å²) in [7, 11) is 0. The zero-order valence-corrected chi connectivity index (χ0v) is 10.8. The van der Waals surface area contributed by atoms with Crippen LogP contribution in [0.25, 0.3) is 0 Å². The van der Waals surface area contributed by atoms with Gasteiger partial charge < -0.3 is 19.8 Å². The van der Waals surface area contributed by atoms with Crippen LogP contribution in [-0.4, -0.2) is 11.9 Å². The van der Waals surface area contributed by atoms with E-state index in [1.54, 1.807) is 0 Å². The summed E-state index contributed by atoms with van der Waals surface area (Å²) in [6, 6.07) is 0. The number of hydrogen-bond acceptors (Lipinski definition) is 4. The van der Waals surface area contributed by atoms with Crippen molar-refractivity contribution in [3.05, 3.63) is 0 Å². The molecule has 0 spiro atoms. The molecule has 0 saturated carbocycles. The maximum atomic E-state index is 8.89. The Morgan fingerprint density at radius 2 is 1.00 bits per heavy atom. The van der Waals surface area contributed by atoms with Crippen molar-refractivity contribution in [2.24, 2.45) is 0 Å². The van der Waals surface area contributed by atoms with E-state index in [1.807, 2.05) is 0 Å². The van der Waals surface area contributed by atoms with Gasteiger partial charge in [-0.05, 0) is 13.8 Å². The number of carboxylic acids is 2. The second-order valence-electron chi connectivity index (χ2n) is 0.983. The average molecular weight is 319 g/mol. The molecule has 0 aliphatic heterocycles. The van der Waals surface area contributed by atoms with Crippen molar-refractivity contribution < 1.29 is 47.5 Å². The van der Waals surface area contributed by atoms with Crippen LogP contribution in [0.15, 0.2) is 0 Å². The molecule has 0 aliphatic rings. The van der Waals surface area contributed by atoms with Gasteiger partial charge in [0.05, 0.1) is 0 Å². The van der Waals surface area contributed by atoms with Crippen molar-refractivity contribution in [1.82, 2.24) is 0 Å². The van der Waals surface area contributed by atoms with Crippen molar-refractivity contribution in [3.63, 3.8) is 0 Å². The fraction of sp³-hybridized carbons (Fsp3) is 0.500. The topological polar surface area (TPSA) is 80.3 Å². The maximum absolute atomic E-state index is 8.89. The zero-order chi connectivity index (χ0) is 7.15. The predicted molar refractivity (Wildman–Crippen MR) is 21.4 cm³/mol. The van der Waals surface area contributed by atoms with E-state index in [1.165, 1.54) is 0 Å². The Hall–Kier alpha value is -0.125. The van der Waals surface area contributed by atoms with Crippen molar-refractivity contribution in [3.8, 4) is 0 Å². The molecule has 0 aromatic rings. The Bertz CT molecular complexity index is 70.6. The molecular formula is C4H6HgO4-. The van der Waals surface area contributed by atoms with Crippen LogP contribution in [0.2, 0.25) is 0 Å². The molecule has 49 valence electrons. The van der Waals surface area contributed by atoms with E-state index in [0.717, 1.165) is 13.8 Å². The molecule has 0 fully saturated rings. The van der Waals surface area contributed by atoms with Crippen molar-refractivity contribution in [1.29, 1.82) is 0 Å². The second-order valence-corrected chi connectivity index (χ2v) is 0.983. The van der Waals surface area contributed by atoms with Crippen LogP contribution in [0.4, 0.5) is 0 Å². The van der Waals surface area contributed by atoms with Crippen LogP contribution in [-0.2, 0) is 37.3 Å². The van der Waals surface area contributed by atoms with E-state index in [2.05, 4.69) is 0 Å². The molecule has 0 rings (SSSR count). The quantitative estimate of drug-likeness (QED) is 0.463. The van der Waals surface area contributed by atoms with Gasteiger partial charge in [-0.1, -0.05) is 0 Å². The summed E-state index contributed by atoms with van der Waals surface area (Å²) < 4.78 is 0. The Labute approximate surface area is 73.4 Å². The smallest absolute Gasteiger partial charge is 0.550 e. The normalized spacial score (nSPS) is 5.56. The molecule has 0 aromatic carbocycles. The summed E-state index contributed by atoms with van der Waals surface area (Å²) in [5.74, 6) is -2.17. The maximum Gasteiger partial charge on any atom is 1.00 e.